The molecule has 1 aromatic carbocycles. The monoisotopic (exact) mass is 983 g/mol. The molecule has 3 fully saturated rings. The topological polar surface area (TPSA) is 222 Å². The summed E-state index contributed by atoms with van der Waals surface area (Å²) >= 11 is 0. The average Bonchev–Trinajstić information content (AvgIpc) is 3.80. The van der Waals surface area contributed by atoms with Crippen LogP contribution in [-0.2, 0) is 52.3 Å². The highest BCUT2D eigenvalue weighted by Crippen LogP contribution is 2.36. The molecule has 1 unspecified atom stereocenters. The van der Waals surface area contributed by atoms with Gasteiger partial charge in [-0.05, 0) is 89.7 Å². The number of hydrogen-bond donors (Lipinski definition) is 4. The van der Waals surface area contributed by atoms with Crippen molar-refractivity contribution in [2.24, 2.45) is 28.8 Å². The summed E-state index contributed by atoms with van der Waals surface area (Å²) in [4.78, 5) is 36.0. The highest BCUT2D eigenvalue weighted by atomic mass is 16.7. The zero-order valence-corrected chi connectivity index (χ0v) is 42.4. The third-order valence-electron chi connectivity index (χ3n) is 14.3. The Morgan fingerprint density at radius 3 is 2.51 bits per heavy atom. The van der Waals surface area contributed by atoms with Crippen molar-refractivity contribution in [3.8, 4) is 0 Å². The number of carbonyl (C=O) groups excluding carboxylic acids is 2. The van der Waals surface area contributed by atoms with Crippen LogP contribution in [-0.4, -0.2) is 183 Å². The smallest absolute Gasteiger partial charge is 0.308 e. The van der Waals surface area contributed by atoms with Crippen LogP contribution in [0.5, 0.6) is 0 Å². The Morgan fingerprint density at radius 1 is 0.986 bits per heavy atom. The second-order valence-corrected chi connectivity index (χ2v) is 19.6. The Balaban J connectivity index is 1.31. The molecular formula is C52H78N4O14. The quantitative estimate of drug-likeness (QED) is 0.120. The number of aliphatic hydroxyl groups is 3. The number of fused-ring (bicyclic) bond motifs is 4. The number of oxime groups is 1. The van der Waals surface area contributed by atoms with E-state index in [0.29, 0.717) is 37.8 Å². The van der Waals surface area contributed by atoms with Crippen molar-refractivity contribution < 1.29 is 67.6 Å². The van der Waals surface area contributed by atoms with Crippen molar-refractivity contribution in [2.45, 2.75) is 147 Å². The summed E-state index contributed by atoms with van der Waals surface area (Å²) in [7, 11) is 6.66. The molecule has 16 atom stereocenters. The first kappa shape index (κ1) is 55.4. The molecule has 4 heterocycles. The first-order chi connectivity index (χ1) is 33.6. The highest BCUT2D eigenvalue weighted by Gasteiger charge is 2.48. The molecule has 18 nitrogen and oxygen atoms in total. The van der Waals surface area contributed by atoms with Crippen LogP contribution < -0.4 is 0 Å². The van der Waals surface area contributed by atoms with E-state index in [1.807, 2.05) is 64.1 Å². The van der Waals surface area contributed by atoms with Gasteiger partial charge in [-0.15, -0.1) is 0 Å². The van der Waals surface area contributed by atoms with E-state index in [2.05, 4.69) is 15.4 Å². The Bertz CT molecular complexity index is 2090. The third-order valence-corrected chi connectivity index (χ3v) is 14.3. The number of nitrogens with zero attached hydrogens (tertiary/aromatic N) is 3. The lowest BCUT2D eigenvalue weighted by Crippen LogP contribution is -2.63. The maximum absolute atomic E-state index is 14.5. The first-order valence-corrected chi connectivity index (χ1v) is 24.9. The van der Waals surface area contributed by atoms with Gasteiger partial charge in [0.15, 0.2) is 12.1 Å². The number of cyclic esters (lactones) is 1. The van der Waals surface area contributed by atoms with Crippen LogP contribution in [0.1, 0.15) is 78.7 Å². The summed E-state index contributed by atoms with van der Waals surface area (Å²) in [6, 6.07) is 5.26. The fraction of sp³-hybridized carbons (Fsp3) is 0.692. The zero-order valence-electron chi connectivity index (χ0n) is 42.4. The number of carbonyl (C=O) groups is 2. The number of benzene rings is 1. The molecule has 18 heteroatoms. The second kappa shape index (κ2) is 26.7. The van der Waals surface area contributed by atoms with Crippen LogP contribution in [0.2, 0.25) is 0 Å². The number of aliphatic hydroxyl groups excluding tert-OH is 3. The standard InChI is InChI=1S/C52H78N4O14/c1-10-42-37(27-65-43-18-17-41(58)50(62-8)51(43)63-9)22-30(2)13-16-40(57)31(3)23-35-19-21-64-28-38(55-67-20-11-12-34-14-15-36-26-53-54-39(36)24-34)29-66-44(25-45(59)69-42)32(4)49(35)70-52-48(61)46(56(6)7)47(60)33(5)68-52/h11-16,22,24,26,31-33,35,37,41-44,46-52,58,60-61H,10,17-21,23,25,27-29H2,1-9H3,(H,53,54)/b12-11+,16-13+,30-22+,55-38+/t31-,32+,33-,35?,37-,41-,42-,43-,44-,46+,47-,48-,49-,50-,51+,52+/m1/s1. The Labute approximate surface area is 412 Å². The zero-order chi connectivity index (χ0) is 50.5. The van der Waals surface area contributed by atoms with Crippen LogP contribution in [0.4, 0.5) is 0 Å². The van der Waals surface area contributed by atoms with Crippen molar-refractivity contribution in [1.82, 2.24) is 15.1 Å². The number of likely N-dealkylation sites (N-methyl/N-ethyl adjacent to an activating group) is 1. The lowest BCUT2D eigenvalue weighted by atomic mass is 9.79. The summed E-state index contributed by atoms with van der Waals surface area (Å²) in [6.07, 6.45) is 4.48. The molecule has 4 aliphatic rings. The van der Waals surface area contributed by atoms with E-state index in [9.17, 15) is 24.9 Å². The summed E-state index contributed by atoms with van der Waals surface area (Å²) in [5.41, 5.74) is 3.13. The number of H-pyrrole nitrogens is 1. The number of allylic oxidation sites excluding steroid dienone is 3. The molecule has 6 rings (SSSR count). The number of methoxy groups -OCH3 is 2. The van der Waals surface area contributed by atoms with Crippen LogP contribution in [0.3, 0.4) is 0 Å². The van der Waals surface area contributed by atoms with E-state index in [1.54, 1.807) is 51.4 Å². The van der Waals surface area contributed by atoms with Gasteiger partial charge in [0.1, 0.15) is 36.7 Å². The Hall–Kier alpha value is -3.92. The minimum Gasteiger partial charge on any atom is -0.462 e. The number of nitrogens with one attached hydrogen (secondary N) is 1. The van der Waals surface area contributed by atoms with Crippen molar-refractivity contribution in [3.05, 3.63) is 59.8 Å². The van der Waals surface area contributed by atoms with Gasteiger partial charge in [-0.2, -0.15) is 5.10 Å². The second-order valence-electron chi connectivity index (χ2n) is 19.6. The predicted molar refractivity (Wildman–Crippen MR) is 262 cm³/mol. The maximum atomic E-state index is 14.5. The fourth-order valence-corrected chi connectivity index (χ4v) is 10.3. The van der Waals surface area contributed by atoms with E-state index in [1.165, 1.54) is 7.11 Å². The van der Waals surface area contributed by atoms with Gasteiger partial charge in [0.2, 0.25) is 0 Å². The van der Waals surface area contributed by atoms with Crippen LogP contribution in [0.25, 0.3) is 17.0 Å². The van der Waals surface area contributed by atoms with E-state index >= 15 is 0 Å². The van der Waals surface area contributed by atoms with Gasteiger partial charge in [0, 0.05) is 44.0 Å². The average molecular weight is 983 g/mol. The van der Waals surface area contributed by atoms with E-state index in [0.717, 1.165) is 22.0 Å². The molecule has 2 bridgehead atoms. The summed E-state index contributed by atoms with van der Waals surface area (Å²) in [5, 5.41) is 46.0. The molecule has 1 aromatic heterocycles. The number of ketones is 1. The van der Waals surface area contributed by atoms with Crippen molar-refractivity contribution in [2.75, 3.05) is 61.3 Å². The van der Waals surface area contributed by atoms with E-state index in [4.69, 9.17) is 42.7 Å². The van der Waals surface area contributed by atoms with Gasteiger partial charge in [0.05, 0.1) is 80.6 Å². The summed E-state index contributed by atoms with van der Waals surface area (Å²) in [5.74, 6) is -2.41. The molecule has 3 aliphatic heterocycles. The van der Waals surface area contributed by atoms with Crippen LogP contribution in [0.15, 0.2) is 59.4 Å². The SMILES string of the molecule is CC[C@H]1OC(=O)C[C@H]2OC/C(=N/OC/C=C/c3ccc4cn[nH]c4c3)COCCC(C[C@@H](C)C(=O)/C=C/C(C)=C/[C@@H]1CO[C@@H]1CC[C@@H](O)[C@@H](OC)[C@H]1OC)[C@H](O[C@@H]1O[C@H](C)[C@@H](O)[C@H](N(C)C)[C@H]1O)[C@H]2C. The molecule has 2 saturated heterocycles. The first-order valence-electron chi connectivity index (χ1n) is 24.9. The van der Waals surface area contributed by atoms with E-state index < -0.39 is 97.1 Å². The normalized spacial score (nSPS) is 37.6. The molecule has 390 valence electrons. The lowest BCUT2D eigenvalue weighted by Gasteiger charge is -2.47. The fourth-order valence-electron chi connectivity index (χ4n) is 10.3. The van der Waals surface area contributed by atoms with Gasteiger partial charge in [0.25, 0.3) is 0 Å². The number of hydrogen-bond acceptors (Lipinski definition) is 17. The lowest BCUT2D eigenvalue weighted by molar-refractivity contribution is -0.305. The molecule has 4 N–H and O–H groups in total. The number of ether oxygens (including phenoxy) is 8. The van der Waals surface area contributed by atoms with Crippen molar-refractivity contribution in [1.29, 1.82) is 0 Å². The van der Waals surface area contributed by atoms with Gasteiger partial charge in [-0.25, -0.2) is 0 Å². The number of rotatable bonds is 13. The van der Waals surface area contributed by atoms with E-state index in [-0.39, 0.29) is 51.2 Å². The molecule has 0 amide bonds. The minimum atomic E-state index is -1.25. The van der Waals surface area contributed by atoms with Crippen LogP contribution >= 0.6 is 0 Å². The maximum Gasteiger partial charge on any atom is 0.308 e. The van der Waals surface area contributed by atoms with Gasteiger partial charge >= 0.3 is 5.97 Å². The van der Waals surface area contributed by atoms with Gasteiger partial charge in [-0.3, -0.25) is 14.7 Å². The third kappa shape index (κ3) is 14.6. The predicted octanol–water partition coefficient (Wildman–Crippen LogP) is 4.80. The largest absolute Gasteiger partial charge is 0.462 e. The van der Waals surface area contributed by atoms with Crippen molar-refractivity contribution >= 4 is 34.4 Å². The molecule has 0 spiro atoms. The number of aromatic amines is 1. The molecule has 1 aliphatic carbocycles. The van der Waals surface area contributed by atoms with Crippen molar-refractivity contribution in [3.63, 3.8) is 0 Å². The molecule has 70 heavy (non-hydrogen) atoms. The summed E-state index contributed by atoms with van der Waals surface area (Å²) < 4.78 is 50.4. The Kier molecular flexibility index (Phi) is 21.1. The molecule has 2 aromatic rings. The highest BCUT2D eigenvalue weighted by molar-refractivity contribution is 5.91. The molecular weight excluding hydrogens is 905 g/mol. The molecule has 0 radical (unpaired) electrons. The minimum absolute atomic E-state index is 0.0527. The summed E-state index contributed by atoms with van der Waals surface area (Å²) in [6.45, 7) is 10.00. The van der Waals surface area contributed by atoms with Gasteiger partial charge < -0.3 is 63.0 Å². The molecule has 1 saturated carbocycles. The number of aromatic nitrogens is 2. The Morgan fingerprint density at radius 2 is 1.77 bits per heavy atom. The van der Waals surface area contributed by atoms with Gasteiger partial charge in [-0.1, -0.05) is 61.9 Å². The number of esters is 1. The van der Waals surface area contributed by atoms with Crippen LogP contribution in [0, 0.1) is 23.7 Å².